The quantitative estimate of drug-likeness (QED) is 0.600. The van der Waals surface area contributed by atoms with E-state index in [4.69, 9.17) is 0 Å². The van der Waals surface area contributed by atoms with Crippen molar-refractivity contribution in [2.75, 3.05) is 18.4 Å². The number of hydrogen-bond donors (Lipinski definition) is 1. The molecule has 1 saturated heterocycles. The molecule has 42 valence electrons. The molecule has 0 amide bonds. The Morgan fingerprint density at radius 1 is 1.57 bits per heavy atom. The van der Waals surface area contributed by atoms with Crippen LogP contribution in [0.5, 0.6) is 0 Å². The molecule has 1 fully saturated rings. The van der Waals surface area contributed by atoms with Crippen molar-refractivity contribution in [1.29, 1.82) is 0 Å². The van der Waals surface area contributed by atoms with Crippen molar-refractivity contribution in [2.45, 2.75) is 6.42 Å². The number of hydrogen-bond acceptors (Lipinski definition) is 1. The van der Waals surface area contributed by atoms with E-state index in [2.05, 4.69) is 21.2 Å². The first-order valence-electron chi connectivity index (χ1n) is 2.70. The Kier molecular flexibility index (Phi) is 2.13. The van der Waals surface area contributed by atoms with E-state index in [9.17, 15) is 0 Å². The Morgan fingerprint density at radius 3 is 2.43 bits per heavy atom. The zero-order valence-corrected chi connectivity index (χ0v) is 5.87. The van der Waals surface area contributed by atoms with Crippen LogP contribution in [0.3, 0.4) is 0 Å². The largest absolute Gasteiger partial charge is 0.316 e. The number of alkyl halides is 1. The highest BCUT2D eigenvalue weighted by Crippen LogP contribution is 2.08. The highest BCUT2D eigenvalue weighted by molar-refractivity contribution is 9.09. The van der Waals surface area contributed by atoms with Crippen LogP contribution in [0.1, 0.15) is 6.42 Å². The summed E-state index contributed by atoms with van der Waals surface area (Å²) in [7, 11) is 0. The van der Waals surface area contributed by atoms with Crippen LogP contribution in [0, 0.1) is 5.92 Å². The van der Waals surface area contributed by atoms with Gasteiger partial charge >= 0.3 is 0 Å². The van der Waals surface area contributed by atoms with Gasteiger partial charge in [0, 0.05) is 5.33 Å². The summed E-state index contributed by atoms with van der Waals surface area (Å²) in [5.41, 5.74) is 0. The zero-order valence-electron chi connectivity index (χ0n) is 4.28. The maximum atomic E-state index is 3.40. The molecule has 0 radical (unpaired) electrons. The third-order valence-electron chi connectivity index (χ3n) is 1.38. The third-order valence-corrected chi connectivity index (χ3v) is 1.84. The first-order valence-corrected chi connectivity index (χ1v) is 3.82. The summed E-state index contributed by atoms with van der Waals surface area (Å²) in [5, 5.41) is 4.39. The van der Waals surface area contributed by atoms with Gasteiger partial charge in [-0.25, -0.2) is 0 Å². The lowest BCUT2D eigenvalue weighted by atomic mass is 10.0. The monoisotopic (exact) mass is 163 g/mol. The highest BCUT2D eigenvalue weighted by Gasteiger charge is 2.14. The summed E-state index contributed by atoms with van der Waals surface area (Å²) in [6.07, 6.45) is 1.34. The molecule has 1 rings (SSSR count). The van der Waals surface area contributed by atoms with Crippen molar-refractivity contribution in [2.24, 2.45) is 5.92 Å². The highest BCUT2D eigenvalue weighted by atomic mass is 79.9. The Labute approximate surface area is 52.6 Å². The summed E-state index contributed by atoms with van der Waals surface area (Å²) < 4.78 is 0. The van der Waals surface area contributed by atoms with E-state index in [1.807, 2.05) is 0 Å². The fraction of sp³-hybridized carbons (Fsp3) is 1.00. The average Bonchev–Trinajstić information content (AvgIpc) is 1.55. The average molecular weight is 164 g/mol. The second-order valence-corrected chi connectivity index (χ2v) is 2.79. The number of rotatable bonds is 2. The van der Waals surface area contributed by atoms with Gasteiger partial charge in [-0.15, -0.1) is 0 Å². The van der Waals surface area contributed by atoms with Crippen LogP contribution < -0.4 is 5.32 Å². The van der Waals surface area contributed by atoms with Crippen LogP contribution in [0.4, 0.5) is 0 Å². The number of nitrogens with one attached hydrogen (secondary N) is 1. The van der Waals surface area contributed by atoms with Gasteiger partial charge in [0.2, 0.25) is 0 Å². The molecule has 0 aromatic rings. The molecule has 1 N–H and O–H groups in total. The van der Waals surface area contributed by atoms with Crippen molar-refractivity contribution in [3.63, 3.8) is 0 Å². The summed E-state index contributed by atoms with van der Waals surface area (Å²) >= 11 is 3.40. The summed E-state index contributed by atoms with van der Waals surface area (Å²) in [6, 6.07) is 0. The van der Waals surface area contributed by atoms with Gasteiger partial charge in [0.05, 0.1) is 0 Å². The molecular formula is C5H10BrN. The van der Waals surface area contributed by atoms with Crippen LogP contribution in [0.15, 0.2) is 0 Å². The first kappa shape index (κ1) is 5.57. The molecule has 0 aromatic heterocycles. The van der Waals surface area contributed by atoms with E-state index in [0.29, 0.717) is 0 Å². The lowest BCUT2D eigenvalue weighted by Crippen LogP contribution is -2.41. The standard InChI is InChI=1S/C5H10BrN/c6-2-1-5-3-7-4-5/h5,7H,1-4H2. The van der Waals surface area contributed by atoms with Crippen molar-refractivity contribution in [3.05, 3.63) is 0 Å². The molecule has 1 heterocycles. The molecule has 7 heavy (non-hydrogen) atoms. The van der Waals surface area contributed by atoms with E-state index >= 15 is 0 Å². The minimum absolute atomic E-state index is 0.972. The second-order valence-electron chi connectivity index (χ2n) is 2.00. The van der Waals surface area contributed by atoms with Gasteiger partial charge in [-0.1, -0.05) is 15.9 Å². The van der Waals surface area contributed by atoms with Gasteiger partial charge < -0.3 is 5.32 Å². The third kappa shape index (κ3) is 1.42. The first-order chi connectivity index (χ1) is 3.43. The molecule has 0 atom stereocenters. The molecule has 0 aliphatic carbocycles. The second kappa shape index (κ2) is 2.68. The van der Waals surface area contributed by atoms with Crippen LogP contribution >= 0.6 is 15.9 Å². The Bertz CT molecular complexity index is 52.0. The van der Waals surface area contributed by atoms with Crippen molar-refractivity contribution >= 4 is 15.9 Å². The predicted molar refractivity (Wildman–Crippen MR) is 34.8 cm³/mol. The lowest BCUT2D eigenvalue weighted by molar-refractivity contribution is 0.342. The van der Waals surface area contributed by atoms with Crippen molar-refractivity contribution in [3.8, 4) is 0 Å². The van der Waals surface area contributed by atoms with Crippen LogP contribution in [-0.2, 0) is 0 Å². The maximum absolute atomic E-state index is 3.40. The van der Waals surface area contributed by atoms with E-state index in [0.717, 1.165) is 5.92 Å². The Balaban J connectivity index is 1.93. The van der Waals surface area contributed by atoms with Crippen molar-refractivity contribution < 1.29 is 0 Å². The smallest absolute Gasteiger partial charge is 0.00348 e. The van der Waals surface area contributed by atoms with Gasteiger partial charge in [0.15, 0.2) is 0 Å². The molecule has 0 spiro atoms. The Hall–Kier alpha value is 0.440. The van der Waals surface area contributed by atoms with Crippen LogP contribution in [0.2, 0.25) is 0 Å². The zero-order chi connectivity index (χ0) is 5.11. The molecule has 1 aliphatic rings. The van der Waals surface area contributed by atoms with E-state index in [-0.39, 0.29) is 0 Å². The normalized spacial score (nSPS) is 21.9. The molecule has 2 heteroatoms. The van der Waals surface area contributed by atoms with E-state index < -0.39 is 0 Å². The van der Waals surface area contributed by atoms with E-state index in [1.54, 1.807) is 0 Å². The van der Waals surface area contributed by atoms with Gasteiger partial charge in [-0.2, -0.15) is 0 Å². The molecule has 0 unspecified atom stereocenters. The summed E-state index contributed by atoms with van der Waals surface area (Å²) in [6.45, 7) is 2.48. The summed E-state index contributed by atoms with van der Waals surface area (Å²) in [4.78, 5) is 0. The summed E-state index contributed by atoms with van der Waals surface area (Å²) in [5.74, 6) is 0.972. The molecule has 1 aliphatic heterocycles. The topological polar surface area (TPSA) is 12.0 Å². The van der Waals surface area contributed by atoms with Gasteiger partial charge in [-0.05, 0) is 25.4 Å². The number of halogens is 1. The van der Waals surface area contributed by atoms with Crippen molar-refractivity contribution in [1.82, 2.24) is 5.32 Å². The SMILES string of the molecule is BrCCC1CNC1. The van der Waals surface area contributed by atoms with E-state index in [1.165, 1.54) is 24.8 Å². The Morgan fingerprint density at radius 2 is 2.29 bits per heavy atom. The minimum atomic E-state index is 0.972. The lowest BCUT2D eigenvalue weighted by Gasteiger charge is -2.25. The molecule has 1 nitrogen and oxygen atoms in total. The van der Waals surface area contributed by atoms with Crippen LogP contribution in [-0.4, -0.2) is 18.4 Å². The molecular weight excluding hydrogens is 154 g/mol. The van der Waals surface area contributed by atoms with Gasteiger partial charge in [0.1, 0.15) is 0 Å². The maximum Gasteiger partial charge on any atom is 0.00348 e. The molecule has 0 aromatic carbocycles. The van der Waals surface area contributed by atoms with Gasteiger partial charge in [-0.3, -0.25) is 0 Å². The molecule has 0 saturated carbocycles. The fourth-order valence-corrected chi connectivity index (χ4v) is 1.35. The fourth-order valence-electron chi connectivity index (χ4n) is 0.707. The van der Waals surface area contributed by atoms with Crippen LogP contribution in [0.25, 0.3) is 0 Å². The molecule has 0 bridgehead atoms. The minimum Gasteiger partial charge on any atom is -0.316 e. The van der Waals surface area contributed by atoms with Gasteiger partial charge in [0.25, 0.3) is 0 Å². The predicted octanol–water partition coefficient (Wildman–Crippen LogP) is 0.991.